The fourth-order valence-corrected chi connectivity index (χ4v) is 3.12. The third-order valence-corrected chi connectivity index (χ3v) is 4.68. The molecule has 0 amide bonds. The summed E-state index contributed by atoms with van der Waals surface area (Å²) in [5.41, 5.74) is 2.19. The molecule has 3 rings (SSSR count). The molecule has 3 aromatic rings. The second-order valence-electron chi connectivity index (χ2n) is 5.75. The van der Waals surface area contributed by atoms with E-state index in [-0.39, 0.29) is 17.0 Å². The molecule has 0 saturated carbocycles. The smallest absolute Gasteiger partial charge is 0.291 e. The Balaban J connectivity index is 2.30. The molecule has 0 atom stereocenters. The van der Waals surface area contributed by atoms with Crippen LogP contribution in [-0.2, 0) is 6.54 Å². The second kappa shape index (κ2) is 7.66. The monoisotopic (exact) mass is 411 g/mol. The van der Waals surface area contributed by atoms with Crippen LogP contribution in [0.3, 0.4) is 0 Å². The Bertz CT molecular complexity index is 1010. The highest BCUT2D eigenvalue weighted by molar-refractivity contribution is 9.10. The van der Waals surface area contributed by atoms with Crippen LogP contribution < -0.4 is 10.9 Å². The summed E-state index contributed by atoms with van der Waals surface area (Å²) in [5.74, 6) is -0.216. The van der Waals surface area contributed by atoms with Gasteiger partial charge in [0.2, 0.25) is 0 Å². The predicted octanol–water partition coefficient (Wildman–Crippen LogP) is 4.64. The molecule has 2 aromatic carbocycles. The molecule has 0 unspecified atom stereocenters. The Morgan fingerprint density at radius 3 is 2.38 bits per heavy atom. The zero-order valence-corrected chi connectivity index (χ0v) is 16.1. The maximum atomic E-state index is 12.9. The number of carbonyl (C=O) groups is 1. The Morgan fingerprint density at radius 2 is 1.77 bits per heavy atom. The number of carbonyl (C=O) groups excluding carboxylic acids is 1. The number of hydrogen-bond acceptors (Lipinski definition) is 4. The van der Waals surface area contributed by atoms with E-state index in [1.54, 1.807) is 0 Å². The molecule has 132 valence electrons. The largest absolute Gasteiger partial charge is 0.349 e. The summed E-state index contributed by atoms with van der Waals surface area (Å²) in [6.07, 6.45) is 0. The fraction of sp³-hybridized carbons (Fsp3) is 0.150. The van der Waals surface area contributed by atoms with Gasteiger partial charge in [-0.1, -0.05) is 42.5 Å². The Hall–Kier alpha value is -2.73. The van der Waals surface area contributed by atoms with Gasteiger partial charge in [-0.25, -0.2) is 4.68 Å². The molecule has 5 nitrogen and oxygen atoms in total. The van der Waals surface area contributed by atoms with Crippen LogP contribution in [0.1, 0.15) is 24.2 Å². The van der Waals surface area contributed by atoms with Gasteiger partial charge in [0.05, 0.1) is 11.3 Å². The molecule has 0 spiro atoms. The molecule has 0 fully saturated rings. The maximum absolute atomic E-state index is 12.9. The number of anilines is 2. The van der Waals surface area contributed by atoms with Crippen molar-refractivity contribution < 1.29 is 4.79 Å². The van der Waals surface area contributed by atoms with Gasteiger partial charge in [0.1, 0.15) is 11.4 Å². The maximum Gasteiger partial charge on any atom is 0.291 e. The summed E-state index contributed by atoms with van der Waals surface area (Å²) >= 11 is 3.47. The number of aryl methyl sites for hydroxylation is 1. The number of ketones is 1. The van der Waals surface area contributed by atoms with Crippen LogP contribution in [0.5, 0.6) is 0 Å². The van der Waals surface area contributed by atoms with E-state index in [1.165, 1.54) is 11.6 Å². The molecule has 0 radical (unpaired) electrons. The Labute approximate surface area is 159 Å². The standard InChI is InChI=1S/C20H18BrN3O2/c1-3-24-20(26)19(22-16-12-8-7-11-15(16)21)17(13(2)25)18(23-24)14-9-5-4-6-10-14/h4-12,22H,3H2,1-2H3. The van der Waals surface area contributed by atoms with Crippen LogP contribution in [0.4, 0.5) is 11.4 Å². The van der Waals surface area contributed by atoms with Crippen molar-refractivity contribution in [1.82, 2.24) is 9.78 Å². The van der Waals surface area contributed by atoms with Crippen LogP contribution in [0.25, 0.3) is 11.3 Å². The lowest BCUT2D eigenvalue weighted by Gasteiger charge is -2.16. The predicted molar refractivity (Wildman–Crippen MR) is 107 cm³/mol. The first-order valence-corrected chi connectivity index (χ1v) is 9.05. The van der Waals surface area contributed by atoms with Crippen LogP contribution in [0, 0.1) is 0 Å². The van der Waals surface area contributed by atoms with Gasteiger partial charge in [0.25, 0.3) is 5.56 Å². The Kier molecular flexibility index (Phi) is 5.32. The molecule has 26 heavy (non-hydrogen) atoms. The molecule has 6 heteroatoms. The summed E-state index contributed by atoms with van der Waals surface area (Å²) in [4.78, 5) is 25.3. The van der Waals surface area contributed by atoms with Gasteiger partial charge >= 0.3 is 0 Å². The number of aromatic nitrogens is 2. The summed E-state index contributed by atoms with van der Waals surface area (Å²) in [6.45, 7) is 3.70. The van der Waals surface area contributed by atoms with Gasteiger partial charge < -0.3 is 5.32 Å². The number of para-hydroxylation sites is 1. The third-order valence-electron chi connectivity index (χ3n) is 3.99. The summed E-state index contributed by atoms with van der Waals surface area (Å²) in [7, 11) is 0. The van der Waals surface area contributed by atoms with Gasteiger partial charge in [0, 0.05) is 16.6 Å². The molecular weight excluding hydrogens is 394 g/mol. The molecule has 0 aliphatic heterocycles. The molecule has 0 saturated heterocycles. The number of nitrogens with zero attached hydrogens (tertiary/aromatic N) is 2. The van der Waals surface area contributed by atoms with Crippen molar-refractivity contribution in [1.29, 1.82) is 0 Å². The van der Waals surface area contributed by atoms with E-state index in [9.17, 15) is 9.59 Å². The van der Waals surface area contributed by atoms with Crippen molar-refractivity contribution in [3.63, 3.8) is 0 Å². The summed E-state index contributed by atoms with van der Waals surface area (Å²) in [5, 5.41) is 7.57. The van der Waals surface area contributed by atoms with Crippen LogP contribution in [0.15, 0.2) is 63.9 Å². The lowest BCUT2D eigenvalue weighted by Crippen LogP contribution is -2.28. The topological polar surface area (TPSA) is 64.0 Å². The molecule has 1 N–H and O–H groups in total. The average molecular weight is 412 g/mol. The molecule has 0 aliphatic rings. The van der Waals surface area contributed by atoms with Crippen molar-refractivity contribution >= 4 is 33.1 Å². The highest BCUT2D eigenvalue weighted by atomic mass is 79.9. The van der Waals surface area contributed by atoms with Crippen LogP contribution in [0.2, 0.25) is 0 Å². The summed E-state index contributed by atoms with van der Waals surface area (Å²) < 4.78 is 2.17. The number of Topliss-reactive ketones (excluding diaryl/α,β-unsaturated/α-hetero) is 1. The minimum Gasteiger partial charge on any atom is -0.349 e. The van der Waals surface area contributed by atoms with Crippen molar-refractivity contribution in [3.05, 3.63) is 75.0 Å². The molecule has 0 aliphatic carbocycles. The lowest BCUT2D eigenvalue weighted by atomic mass is 10.0. The first-order valence-electron chi connectivity index (χ1n) is 8.26. The lowest BCUT2D eigenvalue weighted by molar-refractivity contribution is 0.101. The van der Waals surface area contributed by atoms with E-state index in [1.807, 2.05) is 61.5 Å². The van der Waals surface area contributed by atoms with Crippen LogP contribution in [-0.4, -0.2) is 15.6 Å². The molecule has 1 heterocycles. The third kappa shape index (κ3) is 3.46. The highest BCUT2D eigenvalue weighted by Crippen LogP contribution is 2.30. The molecule has 1 aromatic heterocycles. The molecule has 0 bridgehead atoms. The van der Waals surface area contributed by atoms with Crippen LogP contribution >= 0.6 is 15.9 Å². The minimum atomic E-state index is -0.326. The first-order chi connectivity index (χ1) is 12.5. The zero-order valence-electron chi connectivity index (χ0n) is 14.5. The first kappa shape index (κ1) is 18.1. The van der Waals surface area contributed by atoms with Crippen molar-refractivity contribution in [2.45, 2.75) is 20.4 Å². The quantitative estimate of drug-likeness (QED) is 0.621. The van der Waals surface area contributed by atoms with Crippen molar-refractivity contribution in [3.8, 4) is 11.3 Å². The van der Waals surface area contributed by atoms with Gasteiger partial charge in [0.15, 0.2) is 5.78 Å². The number of hydrogen-bond donors (Lipinski definition) is 1. The second-order valence-corrected chi connectivity index (χ2v) is 6.60. The van der Waals surface area contributed by atoms with E-state index in [0.29, 0.717) is 23.5 Å². The molecular formula is C20H18BrN3O2. The van der Waals surface area contributed by atoms with Gasteiger partial charge in [-0.05, 0) is 41.9 Å². The van der Waals surface area contributed by atoms with E-state index in [0.717, 1.165) is 10.0 Å². The Morgan fingerprint density at radius 1 is 1.12 bits per heavy atom. The number of halogens is 1. The van der Waals surface area contributed by atoms with Gasteiger partial charge in [-0.2, -0.15) is 5.10 Å². The SMILES string of the molecule is CCn1nc(-c2ccccc2)c(C(C)=O)c(Nc2ccccc2Br)c1=O. The zero-order chi connectivity index (χ0) is 18.7. The van der Waals surface area contributed by atoms with E-state index < -0.39 is 0 Å². The van der Waals surface area contributed by atoms with Crippen molar-refractivity contribution in [2.24, 2.45) is 0 Å². The number of rotatable bonds is 5. The summed E-state index contributed by atoms with van der Waals surface area (Å²) in [6, 6.07) is 16.9. The van der Waals surface area contributed by atoms with Gasteiger partial charge in [-0.15, -0.1) is 0 Å². The fourth-order valence-electron chi connectivity index (χ4n) is 2.74. The van der Waals surface area contributed by atoms with E-state index >= 15 is 0 Å². The normalized spacial score (nSPS) is 10.6. The van der Waals surface area contributed by atoms with Gasteiger partial charge in [-0.3, -0.25) is 9.59 Å². The number of benzene rings is 2. The minimum absolute atomic E-state index is 0.216. The average Bonchev–Trinajstić information content (AvgIpc) is 2.65. The number of nitrogens with one attached hydrogen (secondary N) is 1. The van der Waals surface area contributed by atoms with E-state index in [2.05, 4.69) is 26.3 Å². The van der Waals surface area contributed by atoms with Crippen molar-refractivity contribution in [2.75, 3.05) is 5.32 Å². The highest BCUT2D eigenvalue weighted by Gasteiger charge is 2.22. The van der Waals surface area contributed by atoms with E-state index in [4.69, 9.17) is 0 Å².